The highest BCUT2D eigenvalue weighted by atomic mass is 16.5. The van der Waals surface area contributed by atoms with E-state index in [1.807, 2.05) is 63.5 Å². The topological polar surface area (TPSA) is 47.4 Å². The molecule has 0 amide bonds. The van der Waals surface area contributed by atoms with Crippen molar-refractivity contribution in [1.82, 2.24) is 14.5 Å². The maximum Gasteiger partial charge on any atom is 0.265 e. The first-order valence-corrected chi connectivity index (χ1v) is 7.92. The molecule has 0 spiro atoms. The second-order valence-electron chi connectivity index (χ2n) is 5.96. The van der Waals surface area contributed by atoms with Gasteiger partial charge in [0.25, 0.3) is 5.56 Å². The molecule has 5 nitrogen and oxygen atoms in total. The highest BCUT2D eigenvalue weighted by Crippen LogP contribution is 2.16. The predicted octanol–water partition coefficient (Wildman–Crippen LogP) is 2.63. The fraction of sp³-hybridized carbons (Fsp3) is 0.263. The van der Waals surface area contributed by atoms with Crippen LogP contribution in [0, 0.1) is 6.92 Å². The summed E-state index contributed by atoms with van der Waals surface area (Å²) in [5.74, 6) is 1.46. The number of hydrogen-bond acceptors (Lipinski definition) is 4. The Kier molecular flexibility index (Phi) is 4.62. The minimum absolute atomic E-state index is 0.0561. The van der Waals surface area contributed by atoms with Crippen LogP contribution in [0.15, 0.2) is 53.3 Å². The normalized spacial score (nSPS) is 11.2. The number of nitrogens with zero attached hydrogens (tertiary/aromatic N) is 3. The van der Waals surface area contributed by atoms with Crippen molar-refractivity contribution < 1.29 is 4.74 Å². The van der Waals surface area contributed by atoms with Crippen molar-refractivity contribution in [1.29, 1.82) is 0 Å². The number of aromatic nitrogens is 2. The largest absolute Gasteiger partial charge is 0.492 e. The number of rotatable bonds is 5. The fourth-order valence-electron chi connectivity index (χ4n) is 2.59. The van der Waals surface area contributed by atoms with Gasteiger partial charge in [0.15, 0.2) is 0 Å². The molecule has 124 valence electrons. The lowest BCUT2D eigenvalue weighted by Gasteiger charge is -2.13. The molecule has 0 radical (unpaired) electrons. The van der Waals surface area contributed by atoms with Gasteiger partial charge in [-0.1, -0.05) is 12.1 Å². The van der Waals surface area contributed by atoms with Gasteiger partial charge in [-0.2, -0.15) is 0 Å². The molecule has 3 rings (SSSR count). The number of ether oxygens (including phenoxy) is 1. The molecule has 2 aromatic carbocycles. The number of aryl methyl sites for hydroxylation is 1. The molecule has 0 saturated carbocycles. The van der Waals surface area contributed by atoms with Crippen LogP contribution in [0.5, 0.6) is 5.75 Å². The van der Waals surface area contributed by atoms with Gasteiger partial charge in [-0.15, -0.1) is 0 Å². The van der Waals surface area contributed by atoms with E-state index in [2.05, 4.69) is 9.88 Å². The molecule has 1 heterocycles. The van der Waals surface area contributed by atoms with Crippen LogP contribution in [0.25, 0.3) is 16.6 Å². The zero-order valence-electron chi connectivity index (χ0n) is 14.2. The molecule has 0 unspecified atom stereocenters. The Bertz CT molecular complexity index is 899. The maximum absolute atomic E-state index is 12.8. The van der Waals surface area contributed by atoms with E-state index in [1.165, 1.54) is 0 Å². The fourth-order valence-corrected chi connectivity index (χ4v) is 2.59. The predicted molar refractivity (Wildman–Crippen MR) is 96.1 cm³/mol. The average Bonchev–Trinajstić information content (AvgIpc) is 2.56. The van der Waals surface area contributed by atoms with Crippen molar-refractivity contribution in [2.24, 2.45) is 0 Å². The molecule has 1 aromatic heterocycles. The lowest BCUT2D eigenvalue weighted by Crippen LogP contribution is -2.22. The molecule has 0 N–H and O–H groups in total. The molecule has 0 bridgehead atoms. The van der Waals surface area contributed by atoms with Crippen LogP contribution in [0.4, 0.5) is 0 Å². The Morgan fingerprint density at radius 3 is 2.50 bits per heavy atom. The lowest BCUT2D eigenvalue weighted by atomic mass is 10.2. The Morgan fingerprint density at radius 2 is 1.79 bits per heavy atom. The van der Waals surface area contributed by atoms with Crippen LogP contribution < -0.4 is 10.3 Å². The zero-order valence-corrected chi connectivity index (χ0v) is 14.2. The van der Waals surface area contributed by atoms with Gasteiger partial charge in [-0.05, 0) is 57.4 Å². The molecule has 24 heavy (non-hydrogen) atoms. The van der Waals surface area contributed by atoms with Crippen molar-refractivity contribution in [2.45, 2.75) is 6.92 Å². The summed E-state index contributed by atoms with van der Waals surface area (Å²) in [6.07, 6.45) is 0. The number of para-hydroxylation sites is 1. The lowest BCUT2D eigenvalue weighted by molar-refractivity contribution is 0.261. The van der Waals surface area contributed by atoms with E-state index in [0.29, 0.717) is 17.8 Å². The third-order valence-electron chi connectivity index (χ3n) is 3.85. The second kappa shape index (κ2) is 6.84. The molecule has 0 saturated heterocycles. The Labute approximate surface area is 141 Å². The van der Waals surface area contributed by atoms with Gasteiger partial charge in [0.2, 0.25) is 0 Å². The van der Waals surface area contributed by atoms with Crippen molar-refractivity contribution in [2.75, 3.05) is 27.2 Å². The Balaban J connectivity index is 1.92. The Morgan fingerprint density at radius 1 is 1.08 bits per heavy atom. The summed E-state index contributed by atoms with van der Waals surface area (Å²) < 4.78 is 7.32. The first-order valence-electron chi connectivity index (χ1n) is 7.92. The van der Waals surface area contributed by atoms with E-state index < -0.39 is 0 Å². The summed E-state index contributed by atoms with van der Waals surface area (Å²) in [6, 6.07) is 14.9. The van der Waals surface area contributed by atoms with Crippen LogP contribution in [-0.4, -0.2) is 41.7 Å². The van der Waals surface area contributed by atoms with Gasteiger partial charge in [-0.3, -0.25) is 9.36 Å². The van der Waals surface area contributed by atoms with Crippen LogP contribution in [-0.2, 0) is 0 Å². The van der Waals surface area contributed by atoms with E-state index >= 15 is 0 Å². The molecule has 0 atom stereocenters. The first kappa shape index (κ1) is 16.2. The molecule has 5 heteroatoms. The zero-order chi connectivity index (χ0) is 17.1. The van der Waals surface area contributed by atoms with Crippen LogP contribution in [0.3, 0.4) is 0 Å². The van der Waals surface area contributed by atoms with Crippen molar-refractivity contribution >= 4 is 10.9 Å². The van der Waals surface area contributed by atoms with Gasteiger partial charge in [0.1, 0.15) is 18.2 Å². The monoisotopic (exact) mass is 323 g/mol. The van der Waals surface area contributed by atoms with E-state index in [-0.39, 0.29) is 5.56 Å². The number of likely N-dealkylation sites (N-methyl/N-ethyl adjacent to an activating group) is 1. The molecule has 0 aliphatic rings. The van der Waals surface area contributed by atoms with E-state index in [9.17, 15) is 4.79 Å². The summed E-state index contributed by atoms with van der Waals surface area (Å²) >= 11 is 0. The third-order valence-corrected chi connectivity index (χ3v) is 3.85. The molecular formula is C19H21N3O2. The highest BCUT2D eigenvalue weighted by Gasteiger charge is 2.09. The van der Waals surface area contributed by atoms with Gasteiger partial charge in [0.05, 0.1) is 16.6 Å². The van der Waals surface area contributed by atoms with Crippen LogP contribution >= 0.6 is 0 Å². The molecular weight excluding hydrogens is 302 g/mol. The highest BCUT2D eigenvalue weighted by molar-refractivity contribution is 5.77. The van der Waals surface area contributed by atoms with E-state index in [4.69, 9.17) is 4.74 Å². The van der Waals surface area contributed by atoms with Gasteiger partial charge >= 0.3 is 0 Å². The number of fused-ring (bicyclic) bond motifs is 1. The summed E-state index contributed by atoms with van der Waals surface area (Å²) in [4.78, 5) is 19.4. The minimum Gasteiger partial charge on any atom is -0.492 e. The number of benzene rings is 2. The molecule has 0 fully saturated rings. The van der Waals surface area contributed by atoms with E-state index in [0.717, 1.165) is 23.5 Å². The smallest absolute Gasteiger partial charge is 0.265 e. The quantitative estimate of drug-likeness (QED) is 0.724. The van der Waals surface area contributed by atoms with Crippen molar-refractivity contribution in [3.8, 4) is 11.4 Å². The molecule has 0 aliphatic heterocycles. The number of hydrogen-bond donors (Lipinski definition) is 0. The van der Waals surface area contributed by atoms with Crippen LogP contribution in [0.2, 0.25) is 0 Å². The summed E-state index contributed by atoms with van der Waals surface area (Å²) in [6.45, 7) is 3.33. The van der Waals surface area contributed by atoms with Crippen molar-refractivity contribution in [3.05, 3.63) is 64.7 Å². The Hall–Kier alpha value is -2.66. The second-order valence-corrected chi connectivity index (χ2v) is 5.96. The maximum atomic E-state index is 12.8. The van der Waals surface area contributed by atoms with Crippen molar-refractivity contribution in [3.63, 3.8) is 0 Å². The van der Waals surface area contributed by atoms with Gasteiger partial charge in [0, 0.05) is 6.54 Å². The summed E-state index contributed by atoms with van der Waals surface area (Å²) in [5, 5.41) is 0.620. The molecule has 0 aliphatic carbocycles. The third kappa shape index (κ3) is 3.31. The SMILES string of the molecule is Cc1nc2ccccc2c(=O)n1-c1ccc(OCCN(C)C)cc1. The van der Waals surface area contributed by atoms with E-state index in [1.54, 1.807) is 10.6 Å². The standard InChI is InChI=1S/C19H21N3O2/c1-14-20-18-7-5-4-6-17(18)19(23)22(14)15-8-10-16(11-9-15)24-13-12-21(2)3/h4-11H,12-13H2,1-3H3. The summed E-state index contributed by atoms with van der Waals surface area (Å²) in [5.41, 5.74) is 1.45. The first-order chi connectivity index (χ1) is 11.6. The van der Waals surface area contributed by atoms with Crippen LogP contribution in [0.1, 0.15) is 5.82 Å². The van der Waals surface area contributed by atoms with Gasteiger partial charge in [-0.25, -0.2) is 4.98 Å². The summed E-state index contributed by atoms with van der Waals surface area (Å²) in [7, 11) is 4.02. The van der Waals surface area contributed by atoms with Gasteiger partial charge < -0.3 is 9.64 Å². The minimum atomic E-state index is -0.0561. The molecule has 3 aromatic rings. The average molecular weight is 323 g/mol.